The maximum atomic E-state index is 5.32. The quantitative estimate of drug-likeness (QED) is 0.390. The summed E-state index contributed by atoms with van der Waals surface area (Å²) in [6.07, 6.45) is 2.34. The summed E-state index contributed by atoms with van der Waals surface area (Å²) in [6.45, 7) is 4.37. The van der Waals surface area contributed by atoms with Crippen LogP contribution in [0, 0.1) is 0 Å². The Morgan fingerprint density at radius 2 is 2.11 bits per heavy atom. The molecular formula is C6H15N3. The van der Waals surface area contributed by atoms with E-state index in [-0.39, 0.29) is 0 Å². The van der Waals surface area contributed by atoms with E-state index in [1.54, 1.807) is 0 Å². The number of nitrogens with one attached hydrogen (secondary N) is 1. The normalized spacial score (nSPS) is 18.3. The van der Waals surface area contributed by atoms with Crippen LogP contribution in [0.4, 0.5) is 0 Å². The molecule has 3 N–H and O–H groups in total. The third-order valence-electron chi connectivity index (χ3n) is 1.41. The third kappa shape index (κ3) is 3.46. The highest BCUT2D eigenvalue weighted by Crippen LogP contribution is 1.96. The molecule has 0 bridgehead atoms. The van der Waals surface area contributed by atoms with Crippen molar-refractivity contribution < 1.29 is 0 Å². The van der Waals surface area contributed by atoms with Crippen molar-refractivity contribution >= 4 is 0 Å². The van der Waals surface area contributed by atoms with Gasteiger partial charge in [-0.1, -0.05) is 0 Å². The molecule has 0 spiro atoms. The number of nitrogens with two attached hydrogens (primary N) is 1. The lowest BCUT2D eigenvalue weighted by atomic mass is 10.3. The van der Waals surface area contributed by atoms with E-state index >= 15 is 0 Å². The molecule has 0 saturated carbocycles. The Balaban J connectivity index is 1.71. The van der Waals surface area contributed by atoms with Crippen molar-refractivity contribution in [3.8, 4) is 0 Å². The molecule has 0 radical (unpaired) electrons. The average molecular weight is 129 g/mol. The van der Waals surface area contributed by atoms with Crippen LogP contribution in [0.25, 0.3) is 0 Å². The second kappa shape index (κ2) is 3.82. The molecule has 1 heterocycles. The van der Waals surface area contributed by atoms with Gasteiger partial charge in [0.2, 0.25) is 0 Å². The monoisotopic (exact) mass is 129 g/mol. The first-order chi connectivity index (χ1) is 4.43. The van der Waals surface area contributed by atoms with E-state index in [2.05, 4.69) is 10.4 Å². The molecule has 9 heavy (non-hydrogen) atoms. The van der Waals surface area contributed by atoms with Gasteiger partial charge in [0.15, 0.2) is 0 Å². The van der Waals surface area contributed by atoms with Gasteiger partial charge in [0.25, 0.3) is 0 Å². The summed E-state index contributed by atoms with van der Waals surface area (Å²) >= 11 is 0. The van der Waals surface area contributed by atoms with Gasteiger partial charge in [0.05, 0.1) is 0 Å². The van der Waals surface area contributed by atoms with Gasteiger partial charge in [-0.25, -0.2) is 5.01 Å². The Morgan fingerprint density at radius 1 is 1.33 bits per heavy atom. The standard InChI is InChI=1S/C6H15N3/c7-3-1-2-4-8-9-5-6-9/h8H,1-7H2. The maximum absolute atomic E-state index is 5.32. The van der Waals surface area contributed by atoms with Crippen LogP contribution < -0.4 is 11.2 Å². The topological polar surface area (TPSA) is 41.1 Å². The molecule has 1 fully saturated rings. The molecule has 0 aromatic rings. The van der Waals surface area contributed by atoms with Crippen LogP contribution in [0.3, 0.4) is 0 Å². The van der Waals surface area contributed by atoms with Gasteiger partial charge >= 0.3 is 0 Å². The molecular weight excluding hydrogens is 114 g/mol. The predicted octanol–water partition coefficient (Wildman–Crippen LogP) is -0.455. The molecule has 0 aromatic heterocycles. The zero-order valence-electron chi connectivity index (χ0n) is 5.77. The van der Waals surface area contributed by atoms with Crippen molar-refractivity contribution in [3.63, 3.8) is 0 Å². The zero-order chi connectivity index (χ0) is 6.53. The predicted molar refractivity (Wildman–Crippen MR) is 37.9 cm³/mol. The van der Waals surface area contributed by atoms with Crippen molar-refractivity contribution in [2.75, 3.05) is 26.2 Å². The number of unbranched alkanes of at least 4 members (excludes halogenated alkanes) is 1. The minimum Gasteiger partial charge on any atom is -0.330 e. The molecule has 1 aliphatic heterocycles. The summed E-state index contributed by atoms with van der Waals surface area (Å²) in [6, 6.07) is 0. The Hall–Kier alpha value is -0.120. The van der Waals surface area contributed by atoms with Gasteiger partial charge in [-0.05, 0) is 19.4 Å². The lowest BCUT2D eigenvalue weighted by Gasteiger charge is -2.01. The molecule has 1 rings (SSSR count). The lowest BCUT2D eigenvalue weighted by molar-refractivity contribution is 0.397. The van der Waals surface area contributed by atoms with Crippen LogP contribution in [-0.4, -0.2) is 31.2 Å². The largest absolute Gasteiger partial charge is 0.330 e. The Bertz CT molecular complexity index is 70.7. The van der Waals surface area contributed by atoms with Crippen LogP contribution in [0.1, 0.15) is 12.8 Å². The first-order valence-electron chi connectivity index (χ1n) is 3.62. The molecule has 3 nitrogen and oxygen atoms in total. The average Bonchev–Trinajstić information content (AvgIpc) is 2.63. The molecule has 0 aromatic carbocycles. The second-order valence-electron chi connectivity index (χ2n) is 2.39. The Kier molecular flexibility index (Phi) is 2.97. The van der Waals surface area contributed by atoms with E-state index in [1.807, 2.05) is 0 Å². The van der Waals surface area contributed by atoms with E-state index in [1.165, 1.54) is 19.5 Å². The molecule has 3 heteroatoms. The van der Waals surface area contributed by atoms with Crippen molar-refractivity contribution in [3.05, 3.63) is 0 Å². The van der Waals surface area contributed by atoms with E-state index < -0.39 is 0 Å². The Labute approximate surface area is 56.2 Å². The van der Waals surface area contributed by atoms with Crippen molar-refractivity contribution in [2.24, 2.45) is 5.73 Å². The zero-order valence-corrected chi connectivity index (χ0v) is 5.77. The van der Waals surface area contributed by atoms with Gasteiger partial charge in [-0.15, -0.1) is 0 Å². The SMILES string of the molecule is NCCCCNN1CC1. The van der Waals surface area contributed by atoms with E-state index in [0.29, 0.717) is 0 Å². The highest BCUT2D eigenvalue weighted by atomic mass is 15.6. The van der Waals surface area contributed by atoms with Crippen LogP contribution in [-0.2, 0) is 0 Å². The number of rotatable bonds is 5. The number of hydrazine groups is 1. The molecule has 54 valence electrons. The summed E-state index contributed by atoms with van der Waals surface area (Å²) in [5, 5.41) is 2.20. The molecule has 1 saturated heterocycles. The number of hydrogen-bond acceptors (Lipinski definition) is 3. The van der Waals surface area contributed by atoms with E-state index in [0.717, 1.165) is 19.5 Å². The van der Waals surface area contributed by atoms with Gasteiger partial charge in [0.1, 0.15) is 0 Å². The maximum Gasteiger partial charge on any atom is 0.0273 e. The first kappa shape index (κ1) is 6.99. The van der Waals surface area contributed by atoms with Gasteiger partial charge in [-0.2, -0.15) is 0 Å². The highest BCUT2D eigenvalue weighted by Gasteiger charge is 2.14. The van der Waals surface area contributed by atoms with Crippen LogP contribution >= 0.6 is 0 Å². The Morgan fingerprint density at radius 3 is 2.67 bits per heavy atom. The van der Waals surface area contributed by atoms with Crippen LogP contribution in [0.2, 0.25) is 0 Å². The van der Waals surface area contributed by atoms with E-state index in [4.69, 9.17) is 5.73 Å². The van der Waals surface area contributed by atoms with Crippen LogP contribution in [0.5, 0.6) is 0 Å². The second-order valence-corrected chi connectivity index (χ2v) is 2.39. The minimum atomic E-state index is 0.821. The molecule has 0 unspecified atom stereocenters. The number of nitrogens with zero attached hydrogens (tertiary/aromatic N) is 1. The van der Waals surface area contributed by atoms with Gasteiger partial charge in [-0.3, -0.25) is 5.43 Å². The summed E-state index contributed by atoms with van der Waals surface area (Å²) < 4.78 is 0. The van der Waals surface area contributed by atoms with Crippen molar-refractivity contribution in [1.29, 1.82) is 0 Å². The summed E-state index contributed by atoms with van der Waals surface area (Å²) in [4.78, 5) is 0. The van der Waals surface area contributed by atoms with Gasteiger partial charge in [0, 0.05) is 19.6 Å². The summed E-state index contributed by atoms with van der Waals surface area (Å²) in [5.41, 5.74) is 8.59. The first-order valence-corrected chi connectivity index (χ1v) is 3.62. The fourth-order valence-corrected chi connectivity index (χ4v) is 0.715. The fraction of sp³-hybridized carbons (Fsp3) is 1.00. The smallest absolute Gasteiger partial charge is 0.0273 e. The van der Waals surface area contributed by atoms with Crippen molar-refractivity contribution in [2.45, 2.75) is 12.8 Å². The van der Waals surface area contributed by atoms with E-state index in [9.17, 15) is 0 Å². The van der Waals surface area contributed by atoms with Crippen LogP contribution in [0.15, 0.2) is 0 Å². The van der Waals surface area contributed by atoms with Gasteiger partial charge < -0.3 is 5.73 Å². The number of hydrogen-bond donors (Lipinski definition) is 2. The minimum absolute atomic E-state index is 0.821. The molecule has 1 aliphatic rings. The molecule has 0 amide bonds. The molecule has 0 aliphatic carbocycles. The fourth-order valence-electron chi connectivity index (χ4n) is 0.715. The lowest BCUT2D eigenvalue weighted by Crippen LogP contribution is -2.22. The molecule has 0 atom stereocenters. The highest BCUT2D eigenvalue weighted by molar-refractivity contribution is 4.66. The summed E-state index contributed by atoms with van der Waals surface area (Å²) in [7, 11) is 0. The third-order valence-corrected chi connectivity index (χ3v) is 1.41. The summed E-state index contributed by atoms with van der Waals surface area (Å²) in [5.74, 6) is 0. The van der Waals surface area contributed by atoms with Crippen molar-refractivity contribution in [1.82, 2.24) is 10.4 Å².